The van der Waals surface area contributed by atoms with E-state index in [4.69, 9.17) is 0 Å². The molecule has 1 N–H and O–H groups in total. The van der Waals surface area contributed by atoms with Gasteiger partial charge in [-0.3, -0.25) is 9.59 Å². The lowest BCUT2D eigenvalue weighted by Gasteiger charge is -2.11. The lowest BCUT2D eigenvalue weighted by Crippen LogP contribution is -2.15. The molecule has 1 aromatic rings. The number of esters is 1. The average molecular weight is 287 g/mol. The summed E-state index contributed by atoms with van der Waals surface area (Å²) in [5.74, 6) is -1.10. The Bertz CT molecular complexity index is 465. The van der Waals surface area contributed by atoms with Crippen LogP contribution in [0, 0.1) is 0 Å². The number of halogens is 2. The second kappa shape index (κ2) is 8.08. The topological polar surface area (TPSA) is 64.6 Å². The first-order valence-electron chi connectivity index (χ1n) is 6.02. The van der Waals surface area contributed by atoms with Gasteiger partial charge in [-0.1, -0.05) is 12.1 Å². The lowest BCUT2D eigenvalue weighted by atomic mass is 10.2. The smallest absolute Gasteiger partial charge is 0.387 e. The number of ether oxygens (including phenoxy) is 2. The largest absolute Gasteiger partial charge is 0.466 e. The van der Waals surface area contributed by atoms with Crippen molar-refractivity contribution < 1.29 is 27.8 Å². The molecule has 1 aromatic carbocycles. The highest BCUT2D eigenvalue weighted by Crippen LogP contribution is 2.25. The summed E-state index contributed by atoms with van der Waals surface area (Å²) in [5.41, 5.74) is 0.127. The molecule has 110 valence electrons. The van der Waals surface area contributed by atoms with Gasteiger partial charge in [0.25, 0.3) is 0 Å². The van der Waals surface area contributed by atoms with Gasteiger partial charge in [-0.2, -0.15) is 8.78 Å². The molecule has 0 spiro atoms. The molecule has 0 heterocycles. The van der Waals surface area contributed by atoms with Crippen molar-refractivity contribution >= 4 is 17.6 Å². The average Bonchev–Trinajstić information content (AvgIpc) is 2.38. The number of anilines is 1. The third-order valence-electron chi connectivity index (χ3n) is 2.24. The zero-order chi connectivity index (χ0) is 15.0. The van der Waals surface area contributed by atoms with Crippen molar-refractivity contribution in [3.8, 4) is 5.75 Å². The Morgan fingerprint density at radius 3 is 2.60 bits per heavy atom. The van der Waals surface area contributed by atoms with Gasteiger partial charge in [-0.15, -0.1) is 0 Å². The summed E-state index contributed by atoms with van der Waals surface area (Å²) < 4.78 is 33.3. The Balaban J connectivity index is 2.55. The molecule has 7 heteroatoms. The number of carbonyl (C=O) groups is 2. The SMILES string of the molecule is CCOC(=O)CCC(=O)Nc1ccccc1OC(F)F. The molecule has 0 fully saturated rings. The molecule has 20 heavy (non-hydrogen) atoms. The highest BCUT2D eigenvalue weighted by molar-refractivity contribution is 5.93. The zero-order valence-corrected chi connectivity index (χ0v) is 10.9. The molecule has 0 aliphatic rings. The van der Waals surface area contributed by atoms with Crippen LogP contribution in [-0.4, -0.2) is 25.1 Å². The van der Waals surface area contributed by atoms with Gasteiger partial charge in [0.15, 0.2) is 0 Å². The number of alkyl halides is 2. The fraction of sp³-hybridized carbons (Fsp3) is 0.385. The first-order chi connectivity index (χ1) is 9.52. The van der Waals surface area contributed by atoms with Gasteiger partial charge in [0, 0.05) is 6.42 Å². The van der Waals surface area contributed by atoms with E-state index in [0.29, 0.717) is 0 Å². The molecule has 1 rings (SSSR count). The molecule has 0 aromatic heterocycles. The van der Waals surface area contributed by atoms with E-state index in [1.807, 2.05) is 0 Å². The maximum absolute atomic E-state index is 12.2. The van der Waals surface area contributed by atoms with Crippen LogP contribution in [0.25, 0.3) is 0 Å². The molecule has 0 aliphatic carbocycles. The van der Waals surface area contributed by atoms with E-state index in [1.165, 1.54) is 18.2 Å². The summed E-state index contributed by atoms with van der Waals surface area (Å²) in [5, 5.41) is 2.41. The van der Waals surface area contributed by atoms with Crippen LogP contribution < -0.4 is 10.1 Å². The summed E-state index contributed by atoms with van der Waals surface area (Å²) in [7, 11) is 0. The number of carbonyl (C=O) groups excluding carboxylic acids is 2. The van der Waals surface area contributed by atoms with Crippen molar-refractivity contribution in [3.05, 3.63) is 24.3 Å². The lowest BCUT2D eigenvalue weighted by molar-refractivity contribution is -0.144. The fourth-order valence-corrected chi connectivity index (χ4v) is 1.43. The van der Waals surface area contributed by atoms with E-state index in [9.17, 15) is 18.4 Å². The van der Waals surface area contributed by atoms with Crippen molar-refractivity contribution in [1.82, 2.24) is 0 Å². The Kier molecular flexibility index (Phi) is 6.42. The molecule has 0 saturated heterocycles. The first-order valence-corrected chi connectivity index (χ1v) is 6.02. The van der Waals surface area contributed by atoms with E-state index in [1.54, 1.807) is 13.0 Å². The van der Waals surface area contributed by atoms with Gasteiger partial charge < -0.3 is 14.8 Å². The van der Waals surface area contributed by atoms with Crippen LogP contribution in [0.15, 0.2) is 24.3 Å². The molecule has 0 radical (unpaired) electrons. The van der Waals surface area contributed by atoms with Gasteiger partial charge >= 0.3 is 12.6 Å². The molecule has 0 bridgehead atoms. The molecule has 5 nitrogen and oxygen atoms in total. The molecule has 0 unspecified atom stereocenters. The minimum atomic E-state index is -2.98. The Morgan fingerprint density at radius 2 is 1.95 bits per heavy atom. The summed E-state index contributed by atoms with van der Waals surface area (Å²) in [6.07, 6.45) is -0.167. The maximum Gasteiger partial charge on any atom is 0.387 e. The van der Waals surface area contributed by atoms with Crippen LogP contribution in [0.1, 0.15) is 19.8 Å². The van der Waals surface area contributed by atoms with Gasteiger partial charge in [-0.25, -0.2) is 0 Å². The van der Waals surface area contributed by atoms with Crippen LogP contribution >= 0.6 is 0 Å². The van der Waals surface area contributed by atoms with Crippen molar-refractivity contribution in [3.63, 3.8) is 0 Å². The number of amides is 1. The molecule has 0 atom stereocenters. The number of nitrogens with one attached hydrogen (secondary N) is 1. The Morgan fingerprint density at radius 1 is 1.25 bits per heavy atom. The molecule has 1 amide bonds. The maximum atomic E-state index is 12.2. The predicted molar refractivity (Wildman–Crippen MR) is 67.6 cm³/mol. The monoisotopic (exact) mass is 287 g/mol. The molecular weight excluding hydrogens is 272 g/mol. The standard InChI is InChI=1S/C13H15F2NO4/c1-2-19-12(18)8-7-11(17)16-9-5-3-4-6-10(9)20-13(14)15/h3-6,13H,2,7-8H2,1H3,(H,16,17). The van der Waals surface area contributed by atoms with E-state index < -0.39 is 18.5 Å². The van der Waals surface area contributed by atoms with E-state index >= 15 is 0 Å². The highest BCUT2D eigenvalue weighted by atomic mass is 19.3. The Hall–Kier alpha value is -2.18. The molecule has 0 saturated carbocycles. The van der Waals surface area contributed by atoms with E-state index in [2.05, 4.69) is 14.8 Å². The minimum absolute atomic E-state index is 0.0719. The molecular formula is C13H15F2NO4. The number of para-hydroxylation sites is 2. The third kappa shape index (κ3) is 5.64. The van der Waals surface area contributed by atoms with Crippen molar-refractivity contribution in [2.24, 2.45) is 0 Å². The summed E-state index contributed by atoms with van der Waals surface area (Å²) in [6, 6.07) is 5.82. The predicted octanol–water partition coefficient (Wildman–Crippen LogP) is 2.57. The third-order valence-corrected chi connectivity index (χ3v) is 2.24. The van der Waals surface area contributed by atoms with Crippen molar-refractivity contribution in [2.75, 3.05) is 11.9 Å². The number of hydrogen-bond donors (Lipinski definition) is 1. The van der Waals surface area contributed by atoms with Gasteiger partial charge in [0.2, 0.25) is 5.91 Å². The van der Waals surface area contributed by atoms with Crippen LogP contribution in [0.2, 0.25) is 0 Å². The Labute approximate surface area is 114 Å². The summed E-state index contributed by atoms with van der Waals surface area (Å²) >= 11 is 0. The van der Waals surface area contributed by atoms with Crippen LogP contribution in [0.3, 0.4) is 0 Å². The van der Waals surface area contributed by atoms with Crippen LogP contribution in [0.4, 0.5) is 14.5 Å². The minimum Gasteiger partial charge on any atom is -0.466 e. The quantitative estimate of drug-likeness (QED) is 0.783. The summed E-state index contributed by atoms with van der Waals surface area (Å²) in [6.45, 7) is -1.07. The highest BCUT2D eigenvalue weighted by Gasteiger charge is 2.12. The summed E-state index contributed by atoms with van der Waals surface area (Å²) in [4.78, 5) is 22.7. The number of benzene rings is 1. The normalized spacial score (nSPS) is 10.2. The van der Waals surface area contributed by atoms with Crippen LogP contribution in [0.5, 0.6) is 5.75 Å². The molecule has 0 aliphatic heterocycles. The number of hydrogen-bond acceptors (Lipinski definition) is 4. The van der Waals surface area contributed by atoms with Crippen molar-refractivity contribution in [2.45, 2.75) is 26.4 Å². The van der Waals surface area contributed by atoms with E-state index in [0.717, 1.165) is 0 Å². The number of rotatable bonds is 7. The van der Waals surface area contributed by atoms with Gasteiger partial charge in [0.05, 0.1) is 18.7 Å². The first kappa shape index (κ1) is 15.9. The zero-order valence-electron chi connectivity index (χ0n) is 10.9. The van der Waals surface area contributed by atoms with Crippen LogP contribution in [-0.2, 0) is 14.3 Å². The van der Waals surface area contributed by atoms with E-state index in [-0.39, 0.29) is 30.9 Å². The van der Waals surface area contributed by atoms with Gasteiger partial charge in [-0.05, 0) is 19.1 Å². The fourth-order valence-electron chi connectivity index (χ4n) is 1.43. The van der Waals surface area contributed by atoms with Crippen molar-refractivity contribution in [1.29, 1.82) is 0 Å². The second-order valence-corrected chi connectivity index (χ2v) is 3.73. The van der Waals surface area contributed by atoms with Gasteiger partial charge in [0.1, 0.15) is 5.75 Å². The second-order valence-electron chi connectivity index (χ2n) is 3.73.